The first-order valence-corrected chi connectivity index (χ1v) is 8.18. The summed E-state index contributed by atoms with van der Waals surface area (Å²) in [6.07, 6.45) is 4.75. The largest absolute Gasteiger partial charge is 0.484 e. The van der Waals surface area contributed by atoms with Crippen molar-refractivity contribution >= 4 is 11.3 Å². The van der Waals surface area contributed by atoms with Crippen LogP contribution in [-0.4, -0.2) is 20.3 Å². The zero-order chi connectivity index (χ0) is 15.3. The molecular formula is C15H24N4OS. The molecule has 0 saturated carbocycles. The smallest absolute Gasteiger partial charge is 0.157 e. The van der Waals surface area contributed by atoms with Gasteiger partial charge in [-0.2, -0.15) is 5.10 Å². The standard InChI is InChI=1S/C15H24N4OS/c1-5-6-19-9-13(7-17-19)20-10-12-11-21-14(18-12)8-16-15(2,3)4/h7,9,11,16H,5-6,8,10H2,1-4H3. The molecule has 2 aromatic heterocycles. The third-order valence-corrected chi connectivity index (χ3v) is 3.72. The average molecular weight is 308 g/mol. The summed E-state index contributed by atoms with van der Waals surface area (Å²) in [6, 6.07) is 0. The molecule has 0 aliphatic rings. The quantitative estimate of drug-likeness (QED) is 0.853. The molecular weight excluding hydrogens is 284 g/mol. The summed E-state index contributed by atoms with van der Waals surface area (Å²) in [7, 11) is 0. The zero-order valence-electron chi connectivity index (χ0n) is 13.2. The molecule has 5 nitrogen and oxygen atoms in total. The molecule has 21 heavy (non-hydrogen) atoms. The molecule has 0 aliphatic heterocycles. The molecule has 0 saturated heterocycles. The fourth-order valence-corrected chi connectivity index (χ4v) is 2.48. The molecule has 2 heterocycles. The highest BCUT2D eigenvalue weighted by Crippen LogP contribution is 2.15. The van der Waals surface area contributed by atoms with E-state index >= 15 is 0 Å². The summed E-state index contributed by atoms with van der Waals surface area (Å²) in [5.41, 5.74) is 1.07. The van der Waals surface area contributed by atoms with Gasteiger partial charge in [0.15, 0.2) is 5.75 Å². The number of aryl methyl sites for hydroxylation is 1. The van der Waals surface area contributed by atoms with Crippen LogP contribution < -0.4 is 10.1 Å². The Balaban J connectivity index is 1.81. The monoisotopic (exact) mass is 308 g/mol. The van der Waals surface area contributed by atoms with Crippen LogP contribution in [0.3, 0.4) is 0 Å². The molecule has 0 bridgehead atoms. The minimum atomic E-state index is 0.107. The van der Waals surface area contributed by atoms with Gasteiger partial charge in [0.2, 0.25) is 0 Å². The van der Waals surface area contributed by atoms with Crippen LogP contribution in [0.25, 0.3) is 0 Å². The van der Waals surface area contributed by atoms with E-state index in [0.29, 0.717) is 6.61 Å². The van der Waals surface area contributed by atoms with Crippen molar-refractivity contribution in [3.63, 3.8) is 0 Å². The highest BCUT2D eigenvalue weighted by atomic mass is 32.1. The normalized spacial score (nSPS) is 11.8. The van der Waals surface area contributed by atoms with E-state index in [1.54, 1.807) is 17.5 Å². The summed E-state index contributed by atoms with van der Waals surface area (Å²) in [4.78, 5) is 4.58. The molecule has 0 aromatic carbocycles. The van der Waals surface area contributed by atoms with Gasteiger partial charge >= 0.3 is 0 Å². The van der Waals surface area contributed by atoms with Crippen LogP contribution in [0.4, 0.5) is 0 Å². The fraction of sp³-hybridized carbons (Fsp3) is 0.600. The van der Waals surface area contributed by atoms with Crippen LogP contribution in [-0.2, 0) is 19.7 Å². The van der Waals surface area contributed by atoms with E-state index in [-0.39, 0.29) is 5.54 Å². The lowest BCUT2D eigenvalue weighted by molar-refractivity contribution is 0.301. The summed E-state index contributed by atoms with van der Waals surface area (Å²) >= 11 is 1.66. The van der Waals surface area contributed by atoms with Crippen molar-refractivity contribution in [3.8, 4) is 5.75 Å². The number of thiazole rings is 1. The number of rotatable bonds is 7. The SMILES string of the molecule is CCCn1cc(OCc2csc(CNC(C)(C)C)n2)cn1. The van der Waals surface area contributed by atoms with Gasteiger partial charge in [0.05, 0.1) is 18.1 Å². The Kier molecular flexibility index (Phi) is 5.36. The molecule has 1 N–H and O–H groups in total. The van der Waals surface area contributed by atoms with E-state index in [1.807, 2.05) is 10.9 Å². The Morgan fingerprint density at radius 1 is 1.38 bits per heavy atom. The van der Waals surface area contributed by atoms with E-state index in [4.69, 9.17) is 4.74 Å². The van der Waals surface area contributed by atoms with Crippen LogP contribution in [0.2, 0.25) is 0 Å². The first-order valence-electron chi connectivity index (χ1n) is 7.30. The van der Waals surface area contributed by atoms with Crippen molar-refractivity contribution < 1.29 is 4.74 Å². The van der Waals surface area contributed by atoms with Gasteiger partial charge in [-0.25, -0.2) is 4.98 Å². The molecule has 116 valence electrons. The lowest BCUT2D eigenvalue weighted by Gasteiger charge is -2.19. The molecule has 0 spiro atoms. The van der Waals surface area contributed by atoms with Gasteiger partial charge in [-0.05, 0) is 27.2 Å². The van der Waals surface area contributed by atoms with Gasteiger partial charge < -0.3 is 10.1 Å². The Morgan fingerprint density at radius 3 is 2.90 bits per heavy atom. The van der Waals surface area contributed by atoms with E-state index in [0.717, 1.165) is 36.0 Å². The molecule has 0 amide bonds. The minimum absolute atomic E-state index is 0.107. The highest BCUT2D eigenvalue weighted by Gasteiger charge is 2.10. The molecule has 0 fully saturated rings. The van der Waals surface area contributed by atoms with Crippen molar-refractivity contribution in [2.75, 3.05) is 0 Å². The van der Waals surface area contributed by atoms with Gasteiger partial charge in [-0.1, -0.05) is 6.92 Å². The van der Waals surface area contributed by atoms with Crippen LogP contribution >= 0.6 is 11.3 Å². The Morgan fingerprint density at radius 2 is 2.19 bits per heavy atom. The van der Waals surface area contributed by atoms with Crippen LogP contribution in [0, 0.1) is 0 Å². The van der Waals surface area contributed by atoms with Crippen LogP contribution in [0.15, 0.2) is 17.8 Å². The number of ether oxygens (including phenoxy) is 1. The average Bonchev–Trinajstić information content (AvgIpc) is 3.02. The third-order valence-electron chi connectivity index (χ3n) is 2.82. The second-order valence-corrected chi connectivity index (χ2v) is 7.01. The maximum Gasteiger partial charge on any atom is 0.157 e. The Bertz CT molecular complexity index is 556. The predicted octanol–water partition coefficient (Wildman–Crippen LogP) is 3.22. The van der Waals surface area contributed by atoms with E-state index < -0.39 is 0 Å². The molecule has 0 radical (unpaired) electrons. The zero-order valence-corrected chi connectivity index (χ0v) is 14.0. The van der Waals surface area contributed by atoms with Crippen molar-refractivity contribution in [3.05, 3.63) is 28.5 Å². The third kappa shape index (κ3) is 5.47. The molecule has 6 heteroatoms. The number of aromatic nitrogens is 3. The highest BCUT2D eigenvalue weighted by molar-refractivity contribution is 7.09. The van der Waals surface area contributed by atoms with Gasteiger partial charge in [0.25, 0.3) is 0 Å². The van der Waals surface area contributed by atoms with Gasteiger partial charge in [0.1, 0.15) is 11.6 Å². The summed E-state index contributed by atoms with van der Waals surface area (Å²) in [5.74, 6) is 0.797. The van der Waals surface area contributed by atoms with Crippen molar-refractivity contribution in [1.29, 1.82) is 0 Å². The maximum atomic E-state index is 5.72. The van der Waals surface area contributed by atoms with Crippen molar-refractivity contribution in [1.82, 2.24) is 20.1 Å². The van der Waals surface area contributed by atoms with Crippen molar-refractivity contribution in [2.24, 2.45) is 0 Å². The summed E-state index contributed by atoms with van der Waals surface area (Å²) in [5, 5.41) is 10.8. The molecule has 0 unspecified atom stereocenters. The Labute approximate surface area is 130 Å². The van der Waals surface area contributed by atoms with Gasteiger partial charge in [-0.15, -0.1) is 11.3 Å². The Hall–Kier alpha value is -1.40. The number of nitrogens with one attached hydrogen (secondary N) is 1. The first kappa shape index (κ1) is 16.0. The minimum Gasteiger partial charge on any atom is -0.484 e. The number of hydrogen-bond acceptors (Lipinski definition) is 5. The number of hydrogen-bond donors (Lipinski definition) is 1. The molecule has 0 aliphatic carbocycles. The lowest BCUT2D eigenvalue weighted by atomic mass is 10.1. The number of nitrogens with zero attached hydrogens (tertiary/aromatic N) is 3. The second kappa shape index (κ2) is 7.04. The predicted molar refractivity (Wildman–Crippen MR) is 85.6 cm³/mol. The van der Waals surface area contributed by atoms with E-state index in [9.17, 15) is 0 Å². The van der Waals surface area contributed by atoms with Crippen LogP contribution in [0.1, 0.15) is 44.8 Å². The first-order chi connectivity index (χ1) is 9.96. The summed E-state index contributed by atoms with van der Waals surface area (Å²) in [6.45, 7) is 10.8. The van der Waals surface area contributed by atoms with Crippen LogP contribution in [0.5, 0.6) is 5.75 Å². The van der Waals surface area contributed by atoms with Crippen molar-refractivity contribution in [2.45, 2.75) is 59.4 Å². The fourth-order valence-electron chi connectivity index (χ4n) is 1.76. The molecule has 2 aromatic rings. The van der Waals surface area contributed by atoms with E-state index in [2.05, 4.69) is 48.5 Å². The molecule has 0 atom stereocenters. The van der Waals surface area contributed by atoms with E-state index in [1.165, 1.54) is 0 Å². The lowest BCUT2D eigenvalue weighted by Crippen LogP contribution is -2.35. The topological polar surface area (TPSA) is 52.0 Å². The van der Waals surface area contributed by atoms with Gasteiger partial charge in [-0.3, -0.25) is 4.68 Å². The molecule has 2 rings (SSSR count). The maximum absolute atomic E-state index is 5.72. The second-order valence-electron chi connectivity index (χ2n) is 6.06. The van der Waals surface area contributed by atoms with Gasteiger partial charge in [0, 0.05) is 24.0 Å². The summed E-state index contributed by atoms with van der Waals surface area (Å²) < 4.78 is 7.62.